The number of aryl methyl sites for hydroxylation is 1. The minimum Gasteiger partial charge on any atom is -0.497 e. The van der Waals surface area contributed by atoms with Crippen LogP contribution in [0.1, 0.15) is 34.0 Å². The number of hydrogen-bond acceptors (Lipinski definition) is 6. The molecule has 0 saturated carbocycles. The van der Waals surface area contributed by atoms with Gasteiger partial charge in [0.25, 0.3) is 0 Å². The molecule has 2 rings (SSSR count). The standard InChI is InChI=1S/C22H28N4O2S/c1-14-15(2)19(11-23)22(25-16(14)3)29-13-21(27)24-12-20(26(4)5)17-8-7-9-18(10-17)28-6/h7-10,20H,12-13H2,1-6H3,(H,24,27). The van der Waals surface area contributed by atoms with E-state index in [-0.39, 0.29) is 17.7 Å². The predicted octanol–water partition coefficient (Wildman–Crippen LogP) is 3.40. The van der Waals surface area contributed by atoms with Crippen LogP contribution >= 0.6 is 11.8 Å². The first-order valence-electron chi connectivity index (χ1n) is 9.36. The zero-order chi connectivity index (χ0) is 21.6. The minimum absolute atomic E-state index is 0.0238. The molecule has 0 aliphatic heterocycles. The maximum Gasteiger partial charge on any atom is 0.230 e. The summed E-state index contributed by atoms with van der Waals surface area (Å²) in [7, 11) is 5.60. The van der Waals surface area contributed by atoms with Gasteiger partial charge in [0.1, 0.15) is 16.8 Å². The van der Waals surface area contributed by atoms with Crippen molar-refractivity contribution in [1.29, 1.82) is 5.26 Å². The normalized spacial score (nSPS) is 11.8. The van der Waals surface area contributed by atoms with Crippen LogP contribution in [0.4, 0.5) is 0 Å². The van der Waals surface area contributed by atoms with Gasteiger partial charge in [0, 0.05) is 12.2 Å². The molecule has 1 aromatic heterocycles. The average Bonchev–Trinajstić information content (AvgIpc) is 2.70. The number of nitrogens with zero attached hydrogens (tertiary/aromatic N) is 3. The number of pyridine rings is 1. The number of likely N-dealkylation sites (N-methyl/N-ethyl adjacent to an activating group) is 1. The molecule has 1 heterocycles. The van der Waals surface area contributed by atoms with Gasteiger partial charge in [-0.15, -0.1) is 0 Å². The number of hydrogen-bond donors (Lipinski definition) is 1. The number of nitrogens with one attached hydrogen (secondary N) is 1. The lowest BCUT2D eigenvalue weighted by Gasteiger charge is -2.25. The van der Waals surface area contributed by atoms with Crippen molar-refractivity contribution in [1.82, 2.24) is 15.2 Å². The van der Waals surface area contributed by atoms with Crippen molar-refractivity contribution in [2.75, 3.05) is 33.5 Å². The zero-order valence-corrected chi connectivity index (χ0v) is 18.7. The second-order valence-electron chi connectivity index (χ2n) is 7.09. The second-order valence-corrected chi connectivity index (χ2v) is 8.05. The summed E-state index contributed by atoms with van der Waals surface area (Å²) in [6.45, 7) is 6.27. The molecule has 0 bridgehead atoms. The van der Waals surface area contributed by atoms with Gasteiger partial charge in [-0.25, -0.2) is 4.98 Å². The predicted molar refractivity (Wildman–Crippen MR) is 116 cm³/mol. The molecule has 1 atom stereocenters. The monoisotopic (exact) mass is 412 g/mol. The Kier molecular flexibility index (Phi) is 8.06. The Morgan fingerprint density at radius 1 is 1.31 bits per heavy atom. The summed E-state index contributed by atoms with van der Waals surface area (Å²) < 4.78 is 5.30. The van der Waals surface area contributed by atoms with Crippen LogP contribution < -0.4 is 10.1 Å². The van der Waals surface area contributed by atoms with E-state index in [1.54, 1.807) is 7.11 Å². The van der Waals surface area contributed by atoms with E-state index in [4.69, 9.17) is 4.74 Å². The van der Waals surface area contributed by atoms with Crippen molar-refractivity contribution in [3.8, 4) is 11.8 Å². The highest BCUT2D eigenvalue weighted by Crippen LogP contribution is 2.26. The molecule has 1 N–H and O–H groups in total. The minimum atomic E-state index is -0.0914. The molecule has 0 fully saturated rings. The number of nitriles is 1. The molecule has 29 heavy (non-hydrogen) atoms. The lowest BCUT2D eigenvalue weighted by molar-refractivity contribution is -0.118. The van der Waals surface area contributed by atoms with Gasteiger partial charge in [0.05, 0.1) is 24.5 Å². The van der Waals surface area contributed by atoms with Gasteiger partial charge < -0.3 is 15.0 Å². The Labute approximate surface area is 177 Å². The largest absolute Gasteiger partial charge is 0.497 e. The number of thioether (sulfide) groups is 1. The Hall–Kier alpha value is -2.56. The lowest BCUT2D eigenvalue weighted by Crippen LogP contribution is -2.35. The quantitative estimate of drug-likeness (QED) is 0.670. The molecule has 6 nitrogen and oxygen atoms in total. The van der Waals surface area contributed by atoms with Gasteiger partial charge in [-0.3, -0.25) is 4.79 Å². The third kappa shape index (κ3) is 5.72. The maximum atomic E-state index is 12.4. The second kappa shape index (κ2) is 10.3. The molecule has 1 unspecified atom stereocenters. The molecule has 154 valence electrons. The van der Waals surface area contributed by atoms with E-state index in [0.29, 0.717) is 17.1 Å². The first-order valence-corrected chi connectivity index (χ1v) is 10.3. The van der Waals surface area contributed by atoms with Crippen LogP contribution in [-0.4, -0.2) is 49.3 Å². The summed E-state index contributed by atoms with van der Waals surface area (Å²) in [4.78, 5) is 19.0. The van der Waals surface area contributed by atoms with Crippen LogP contribution in [0.25, 0.3) is 0 Å². The number of methoxy groups -OCH3 is 1. The van der Waals surface area contributed by atoms with Crippen LogP contribution in [0.5, 0.6) is 5.75 Å². The number of carbonyl (C=O) groups is 1. The van der Waals surface area contributed by atoms with Crippen molar-refractivity contribution in [3.05, 3.63) is 52.2 Å². The van der Waals surface area contributed by atoms with Crippen LogP contribution in [0, 0.1) is 32.1 Å². The number of ether oxygens (including phenoxy) is 1. The maximum absolute atomic E-state index is 12.4. The SMILES string of the molecule is COc1cccc(C(CNC(=O)CSc2nc(C)c(C)c(C)c2C#N)N(C)C)c1. The average molecular weight is 413 g/mol. The van der Waals surface area contributed by atoms with Crippen LogP contribution in [0.2, 0.25) is 0 Å². The van der Waals surface area contributed by atoms with Crippen molar-refractivity contribution in [3.63, 3.8) is 0 Å². The van der Waals surface area contributed by atoms with Crippen molar-refractivity contribution in [2.45, 2.75) is 31.8 Å². The van der Waals surface area contributed by atoms with Crippen LogP contribution in [0.3, 0.4) is 0 Å². The van der Waals surface area contributed by atoms with E-state index in [2.05, 4.69) is 21.3 Å². The van der Waals surface area contributed by atoms with Gasteiger partial charge in [0.2, 0.25) is 5.91 Å². The third-order valence-corrected chi connectivity index (χ3v) is 5.98. The number of carbonyl (C=O) groups excluding carboxylic acids is 1. The lowest BCUT2D eigenvalue weighted by atomic mass is 10.1. The summed E-state index contributed by atoms with van der Waals surface area (Å²) in [6, 6.07) is 10.1. The molecule has 1 aromatic carbocycles. The molecular formula is C22H28N4O2S. The van der Waals surface area contributed by atoms with Crippen molar-refractivity contribution >= 4 is 17.7 Å². The Morgan fingerprint density at radius 2 is 2.03 bits per heavy atom. The molecule has 0 saturated heterocycles. The molecule has 7 heteroatoms. The van der Waals surface area contributed by atoms with E-state index in [1.165, 1.54) is 11.8 Å². The number of aromatic nitrogens is 1. The van der Waals surface area contributed by atoms with Crippen LogP contribution in [0.15, 0.2) is 29.3 Å². The Balaban J connectivity index is 2.03. The van der Waals surface area contributed by atoms with Gasteiger partial charge in [-0.05, 0) is 63.7 Å². The Morgan fingerprint density at radius 3 is 2.66 bits per heavy atom. The summed E-state index contributed by atoms with van der Waals surface area (Å²) >= 11 is 1.30. The van der Waals surface area contributed by atoms with E-state index < -0.39 is 0 Å². The molecule has 0 aliphatic rings. The number of benzene rings is 1. The van der Waals surface area contributed by atoms with Gasteiger partial charge >= 0.3 is 0 Å². The highest BCUT2D eigenvalue weighted by Gasteiger charge is 2.17. The number of rotatable bonds is 8. The molecule has 0 aliphatic carbocycles. The fraction of sp³-hybridized carbons (Fsp3) is 0.409. The zero-order valence-electron chi connectivity index (χ0n) is 17.9. The first kappa shape index (κ1) is 22.7. The molecule has 1 amide bonds. The summed E-state index contributed by atoms with van der Waals surface area (Å²) in [5.41, 5.74) is 4.44. The topological polar surface area (TPSA) is 78.2 Å². The van der Waals surface area contributed by atoms with Gasteiger partial charge in [-0.1, -0.05) is 23.9 Å². The van der Waals surface area contributed by atoms with E-state index in [0.717, 1.165) is 28.1 Å². The number of amides is 1. The molecule has 0 spiro atoms. The fourth-order valence-corrected chi connectivity index (χ4v) is 3.90. The fourth-order valence-electron chi connectivity index (χ4n) is 2.99. The van der Waals surface area contributed by atoms with Crippen molar-refractivity contribution in [2.24, 2.45) is 0 Å². The van der Waals surface area contributed by atoms with E-state index >= 15 is 0 Å². The van der Waals surface area contributed by atoms with Gasteiger partial charge in [0.15, 0.2) is 0 Å². The third-order valence-electron chi connectivity index (χ3n) is 5.01. The van der Waals surface area contributed by atoms with E-state index in [9.17, 15) is 10.1 Å². The summed E-state index contributed by atoms with van der Waals surface area (Å²) in [5.74, 6) is 0.907. The molecule has 0 radical (unpaired) electrons. The molecule has 2 aromatic rings. The van der Waals surface area contributed by atoms with E-state index in [1.807, 2.05) is 59.1 Å². The first-order chi connectivity index (χ1) is 13.8. The van der Waals surface area contributed by atoms with Crippen molar-refractivity contribution < 1.29 is 9.53 Å². The van der Waals surface area contributed by atoms with Gasteiger partial charge in [-0.2, -0.15) is 5.26 Å². The summed E-state index contributed by atoms with van der Waals surface area (Å²) in [6.07, 6.45) is 0. The Bertz CT molecular complexity index is 922. The van der Waals surface area contributed by atoms with Crippen LogP contribution in [-0.2, 0) is 4.79 Å². The summed E-state index contributed by atoms with van der Waals surface area (Å²) in [5, 5.41) is 13.1. The highest BCUT2D eigenvalue weighted by atomic mass is 32.2. The highest BCUT2D eigenvalue weighted by molar-refractivity contribution is 8.00. The smallest absolute Gasteiger partial charge is 0.230 e. The molecular weight excluding hydrogens is 384 g/mol.